The van der Waals surface area contributed by atoms with Gasteiger partial charge >= 0.3 is 5.69 Å². The molecule has 1 aliphatic rings. The topological polar surface area (TPSA) is 71.9 Å². The summed E-state index contributed by atoms with van der Waals surface area (Å²) in [5, 5.41) is 4.78. The SMILES string of the molecule is COCCNc1nc2c(s1)C=Cc1cc(Cl)ccc1C2c1cn(C)c(=O)[nH]c1=S. The van der Waals surface area contributed by atoms with Crippen LogP contribution < -0.4 is 11.0 Å². The molecule has 1 unspecified atom stereocenters. The third-order valence-electron chi connectivity index (χ3n) is 4.76. The fraction of sp³-hybridized carbons (Fsp3) is 0.250. The Balaban J connectivity index is 1.91. The number of methoxy groups -OCH3 is 1. The van der Waals surface area contributed by atoms with Crippen molar-refractivity contribution in [1.29, 1.82) is 0 Å². The summed E-state index contributed by atoms with van der Waals surface area (Å²) in [6.07, 6.45) is 5.89. The van der Waals surface area contributed by atoms with Crippen LogP contribution in [0.3, 0.4) is 0 Å². The second-order valence-electron chi connectivity index (χ2n) is 6.68. The lowest BCUT2D eigenvalue weighted by atomic mass is 9.88. The highest BCUT2D eigenvalue weighted by molar-refractivity contribution is 7.71. The summed E-state index contributed by atoms with van der Waals surface area (Å²) >= 11 is 13.3. The molecule has 1 aliphatic carbocycles. The van der Waals surface area contributed by atoms with Crippen molar-refractivity contribution in [3.05, 3.63) is 71.8 Å². The Morgan fingerprint density at radius 2 is 2.21 bits per heavy atom. The zero-order valence-corrected chi connectivity index (χ0v) is 18.2. The maximum atomic E-state index is 12.0. The van der Waals surface area contributed by atoms with E-state index in [1.165, 1.54) is 4.57 Å². The number of thiazole rings is 1. The highest BCUT2D eigenvalue weighted by atomic mass is 35.5. The van der Waals surface area contributed by atoms with E-state index in [-0.39, 0.29) is 11.6 Å². The number of benzene rings is 1. The summed E-state index contributed by atoms with van der Waals surface area (Å²) in [7, 11) is 3.37. The van der Waals surface area contributed by atoms with Crippen molar-refractivity contribution >= 4 is 52.4 Å². The van der Waals surface area contributed by atoms with Gasteiger partial charge in [0.05, 0.1) is 23.1 Å². The van der Waals surface area contributed by atoms with E-state index in [9.17, 15) is 4.79 Å². The average molecular weight is 447 g/mol. The standard InChI is InChI=1S/C20H19ClN4O2S2/c1-25-10-14(18(28)24-20(25)26)16-13-5-4-12(21)9-11(13)3-6-15-17(16)23-19(29-15)22-7-8-27-2/h3-6,9-10,16H,7-8H2,1-2H3,(H,22,23)(H,24,26,28). The summed E-state index contributed by atoms with van der Waals surface area (Å²) in [5.41, 5.74) is 3.51. The smallest absolute Gasteiger partial charge is 0.326 e. The van der Waals surface area contributed by atoms with Gasteiger partial charge in [-0.2, -0.15) is 0 Å². The third-order valence-corrected chi connectivity index (χ3v) is 6.32. The van der Waals surface area contributed by atoms with Crippen molar-refractivity contribution in [2.24, 2.45) is 7.05 Å². The first-order chi connectivity index (χ1) is 14.0. The van der Waals surface area contributed by atoms with Gasteiger partial charge in [-0.05, 0) is 29.3 Å². The lowest BCUT2D eigenvalue weighted by molar-refractivity contribution is 0.211. The lowest BCUT2D eigenvalue weighted by Crippen LogP contribution is -2.22. The van der Waals surface area contributed by atoms with Crippen LogP contribution in [0.5, 0.6) is 0 Å². The van der Waals surface area contributed by atoms with Gasteiger partial charge in [0.25, 0.3) is 0 Å². The normalized spacial score (nSPS) is 14.9. The molecule has 0 aliphatic heterocycles. The minimum atomic E-state index is -0.248. The number of rotatable bonds is 5. The van der Waals surface area contributed by atoms with E-state index >= 15 is 0 Å². The molecule has 29 heavy (non-hydrogen) atoms. The molecule has 0 bridgehead atoms. The van der Waals surface area contributed by atoms with Gasteiger partial charge in [-0.15, -0.1) is 0 Å². The summed E-state index contributed by atoms with van der Waals surface area (Å²) in [6, 6.07) is 5.80. The van der Waals surface area contributed by atoms with Crippen molar-refractivity contribution in [2.75, 3.05) is 25.6 Å². The fourth-order valence-electron chi connectivity index (χ4n) is 3.38. The summed E-state index contributed by atoms with van der Waals surface area (Å²) < 4.78 is 7.03. The van der Waals surface area contributed by atoms with E-state index < -0.39 is 0 Å². The van der Waals surface area contributed by atoms with E-state index in [2.05, 4.69) is 16.4 Å². The quantitative estimate of drug-likeness (QED) is 0.353. The highest BCUT2D eigenvalue weighted by Crippen LogP contribution is 2.42. The van der Waals surface area contributed by atoms with Crippen LogP contribution in [-0.2, 0) is 11.8 Å². The molecule has 3 aromatic rings. The lowest BCUT2D eigenvalue weighted by Gasteiger charge is -2.19. The minimum Gasteiger partial charge on any atom is -0.383 e. The van der Waals surface area contributed by atoms with Crippen molar-refractivity contribution in [3.63, 3.8) is 0 Å². The predicted octanol–water partition coefficient (Wildman–Crippen LogP) is 4.28. The second kappa shape index (κ2) is 8.23. The minimum absolute atomic E-state index is 0.225. The zero-order valence-electron chi connectivity index (χ0n) is 15.9. The molecule has 0 fully saturated rings. The number of H-pyrrole nitrogens is 1. The fourth-order valence-corrected chi connectivity index (χ4v) is 4.74. The molecule has 0 saturated carbocycles. The number of nitrogens with zero attached hydrogens (tertiary/aromatic N) is 2. The molecule has 0 spiro atoms. The Kier molecular flexibility index (Phi) is 5.69. The van der Waals surface area contributed by atoms with Crippen LogP contribution in [0.25, 0.3) is 12.2 Å². The monoisotopic (exact) mass is 446 g/mol. The summed E-state index contributed by atoms with van der Waals surface area (Å²) in [5.74, 6) is -0.225. The molecule has 1 aromatic carbocycles. The number of aryl methyl sites for hydroxylation is 1. The molecule has 2 aromatic heterocycles. The van der Waals surface area contributed by atoms with Gasteiger partial charge in [-0.1, -0.05) is 47.3 Å². The molecule has 1 atom stereocenters. The maximum absolute atomic E-state index is 12.0. The van der Waals surface area contributed by atoms with Crippen LogP contribution in [0, 0.1) is 4.64 Å². The molecule has 0 amide bonds. The van der Waals surface area contributed by atoms with Crippen molar-refractivity contribution < 1.29 is 4.74 Å². The number of hydrogen-bond acceptors (Lipinski definition) is 6. The first-order valence-corrected chi connectivity index (χ1v) is 10.6. The van der Waals surface area contributed by atoms with Crippen molar-refractivity contribution in [3.8, 4) is 0 Å². The first kappa shape index (κ1) is 20.0. The molecule has 0 saturated heterocycles. The molecular formula is C20H19ClN4O2S2. The number of anilines is 1. The van der Waals surface area contributed by atoms with Crippen LogP contribution in [0.2, 0.25) is 5.02 Å². The Bertz CT molecular complexity index is 1210. The molecule has 2 heterocycles. The van der Waals surface area contributed by atoms with Crippen LogP contribution in [0.15, 0.2) is 29.2 Å². The van der Waals surface area contributed by atoms with Crippen LogP contribution in [0.1, 0.15) is 33.2 Å². The number of halogens is 1. The van der Waals surface area contributed by atoms with Gasteiger partial charge in [-0.3, -0.25) is 4.98 Å². The molecule has 0 radical (unpaired) electrons. The van der Waals surface area contributed by atoms with E-state index in [4.69, 9.17) is 33.5 Å². The number of ether oxygens (including phenoxy) is 1. The average Bonchev–Trinajstić information content (AvgIpc) is 3.02. The Morgan fingerprint density at radius 3 is 3.00 bits per heavy atom. The van der Waals surface area contributed by atoms with Gasteiger partial charge in [0.1, 0.15) is 4.64 Å². The molecule has 9 heteroatoms. The zero-order chi connectivity index (χ0) is 20.5. The molecular weight excluding hydrogens is 428 g/mol. The van der Waals surface area contributed by atoms with Gasteiger partial charge in [0.15, 0.2) is 5.13 Å². The number of fused-ring (bicyclic) bond motifs is 2. The molecule has 2 N–H and O–H groups in total. The number of aromatic amines is 1. The van der Waals surface area contributed by atoms with Crippen molar-refractivity contribution in [1.82, 2.24) is 14.5 Å². The van der Waals surface area contributed by atoms with E-state index in [1.54, 1.807) is 31.7 Å². The molecule has 6 nitrogen and oxygen atoms in total. The molecule has 150 valence electrons. The largest absolute Gasteiger partial charge is 0.383 e. The van der Waals surface area contributed by atoms with Crippen LogP contribution in [-0.4, -0.2) is 34.8 Å². The number of hydrogen-bond donors (Lipinski definition) is 2. The van der Waals surface area contributed by atoms with Crippen molar-refractivity contribution in [2.45, 2.75) is 5.92 Å². The Hall–Kier alpha value is -2.26. The second-order valence-corrected chi connectivity index (χ2v) is 8.56. The predicted molar refractivity (Wildman–Crippen MR) is 121 cm³/mol. The first-order valence-electron chi connectivity index (χ1n) is 8.99. The maximum Gasteiger partial charge on any atom is 0.326 e. The Morgan fingerprint density at radius 1 is 1.38 bits per heavy atom. The third kappa shape index (κ3) is 3.93. The van der Waals surface area contributed by atoms with Gasteiger partial charge in [-0.25, -0.2) is 9.78 Å². The molecule has 4 rings (SSSR count). The van der Waals surface area contributed by atoms with Crippen LogP contribution >= 0.6 is 35.2 Å². The van der Waals surface area contributed by atoms with E-state index in [0.717, 1.165) is 32.4 Å². The van der Waals surface area contributed by atoms with E-state index in [1.807, 2.05) is 24.3 Å². The summed E-state index contributed by atoms with van der Waals surface area (Å²) in [6.45, 7) is 1.26. The number of aromatic nitrogens is 3. The number of nitrogens with one attached hydrogen (secondary N) is 2. The van der Waals surface area contributed by atoms with Gasteiger partial charge in [0, 0.05) is 37.5 Å². The Labute approximate surface area is 181 Å². The summed E-state index contributed by atoms with van der Waals surface area (Å²) in [4.78, 5) is 20.7. The van der Waals surface area contributed by atoms with Gasteiger partial charge < -0.3 is 14.6 Å². The van der Waals surface area contributed by atoms with Gasteiger partial charge in [0.2, 0.25) is 0 Å². The highest BCUT2D eigenvalue weighted by Gasteiger charge is 2.28. The van der Waals surface area contributed by atoms with E-state index in [0.29, 0.717) is 22.8 Å². The van der Waals surface area contributed by atoms with Crippen LogP contribution in [0.4, 0.5) is 5.13 Å².